The minimum atomic E-state index is -1.41. The predicted molar refractivity (Wildman–Crippen MR) is 75.1 cm³/mol. The number of rotatable bonds is 7. The quantitative estimate of drug-likeness (QED) is 0.419. The second-order valence-electron chi connectivity index (χ2n) is 4.44. The van der Waals surface area contributed by atoms with Gasteiger partial charge in [0.05, 0.1) is 11.1 Å². The first kappa shape index (κ1) is 17.0. The average Bonchev–Trinajstić information content (AvgIpc) is 2.41. The van der Waals surface area contributed by atoms with Gasteiger partial charge in [0.1, 0.15) is 6.04 Å². The van der Waals surface area contributed by atoms with Gasteiger partial charge in [-0.15, -0.1) is 0 Å². The number of hydrogen-bond acceptors (Lipinski definition) is 5. The number of carboxylic acid groups (broad SMARTS) is 2. The van der Waals surface area contributed by atoms with Gasteiger partial charge >= 0.3 is 11.9 Å². The zero-order valence-corrected chi connectivity index (χ0v) is 11.4. The van der Waals surface area contributed by atoms with Gasteiger partial charge in [0, 0.05) is 12.1 Å². The highest BCUT2D eigenvalue weighted by atomic mass is 16.4. The molecule has 0 heterocycles. The number of primary amides is 1. The Morgan fingerprint density at radius 1 is 1.18 bits per heavy atom. The molecule has 0 aliphatic carbocycles. The first-order valence-corrected chi connectivity index (χ1v) is 6.17. The van der Waals surface area contributed by atoms with Crippen molar-refractivity contribution in [3.8, 4) is 0 Å². The van der Waals surface area contributed by atoms with Gasteiger partial charge in [0.15, 0.2) is 0 Å². The molecular formula is C13H15N3O6. The normalized spacial score (nSPS) is 11.5. The first-order valence-electron chi connectivity index (χ1n) is 6.17. The molecule has 0 aromatic heterocycles. The van der Waals surface area contributed by atoms with E-state index < -0.39 is 35.4 Å². The van der Waals surface area contributed by atoms with Crippen LogP contribution in [0, 0.1) is 0 Å². The molecule has 1 unspecified atom stereocenters. The summed E-state index contributed by atoms with van der Waals surface area (Å²) in [5.41, 5.74) is 9.63. The lowest BCUT2D eigenvalue weighted by Gasteiger charge is -2.15. The molecule has 0 spiro atoms. The van der Waals surface area contributed by atoms with Crippen molar-refractivity contribution in [2.75, 3.05) is 5.73 Å². The highest BCUT2D eigenvalue weighted by molar-refractivity contribution is 6.08. The van der Waals surface area contributed by atoms with Crippen LogP contribution in [0.15, 0.2) is 18.2 Å². The van der Waals surface area contributed by atoms with E-state index >= 15 is 0 Å². The van der Waals surface area contributed by atoms with Crippen molar-refractivity contribution in [2.45, 2.75) is 18.9 Å². The summed E-state index contributed by atoms with van der Waals surface area (Å²) in [7, 11) is 0. The molecule has 0 bridgehead atoms. The zero-order chi connectivity index (χ0) is 16.9. The van der Waals surface area contributed by atoms with Crippen LogP contribution in [0.1, 0.15) is 33.6 Å². The zero-order valence-electron chi connectivity index (χ0n) is 11.4. The van der Waals surface area contributed by atoms with Crippen LogP contribution < -0.4 is 16.8 Å². The molecular weight excluding hydrogens is 294 g/mol. The summed E-state index contributed by atoms with van der Waals surface area (Å²) < 4.78 is 0. The van der Waals surface area contributed by atoms with Crippen molar-refractivity contribution >= 4 is 29.4 Å². The van der Waals surface area contributed by atoms with Crippen molar-refractivity contribution < 1.29 is 29.4 Å². The molecule has 1 rings (SSSR count). The van der Waals surface area contributed by atoms with E-state index in [1.807, 2.05) is 0 Å². The van der Waals surface area contributed by atoms with Gasteiger partial charge in [0.25, 0.3) is 5.91 Å². The van der Waals surface area contributed by atoms with Crippen molar-refractivity contribution in [1.29, 1.82) is 0 Å². The van der Waals surface area contributed by atoms with Gasteiger partial charge in [-0.25, -0.2) is 9.59 Å². The van der Waals surface area contributed by atoms with Gasteiger partial charge < -0.3 is 27.0 Å². The monoisotopic (exact) mass is 309 g/mol. The van der Waals surface area contributed by atoms with Gasteiger partial charge in [-0.3, -0.25) is 9.59 Å². The Bertz CT molecular complexity index is 628. The Morgan fingerprint density at radius 2 is 1.82 bits per heavy atom. The smallest absolute Gasteiger partial charge is 0.338 e. The second-order valence-corrected chi connectivity index (χ2v) is 4.44. The van der Waals surface area contributed by atoms with Gasteiger partial charge in [-0.05, 0) is 18.6 Å². The maximum absolute atomic E-state index is 12.1. The Morgan fingerprint density at radius 3 is 2.32 bits per heavy atom. The number of benzene rings is 1. The Balaban J connectivity index is 3.00. The van der Waals surface area contributed by atoms with Crippen LogP contribution in [-0.2, 0) is 9.59 Å². The number of hydrogen-bond donors (Lipinski definition) is 5. The second kappa shape index (κ2) is 7.07. The summed E-state index contributed by atoms with van der Waals surface area (Å²) in [5, 5.41) is 20.2. The molecule has 7 N–H and O–H groups in total. The molecule has 0 fully saturated rings. The topological polar surface area (TPSA) is 173 Å². The van der Waals surface area contributed by atoms with E-state index in [4.69, 9.17) is 21.7 Å². The minimum absolute atomic E-state index is 0.121. The van der Waals surface area contributed by atoms with E-state index in [1.54, 1.807) is 0 Å². The molecule has 2 amide bonds. The van der Waals surface area contributed by atoms with E-state index in [-0.39, 0.29) is 24.1 Å². The SMILES string of the molecule is NC(=O)CCC(NC(=O)c1cccc(N)c1C(=O)O)C(=O)O. The molecule has 0 aliphatic rings. The van der Waals surface area contributed by atoms with Crippen LogP contribution in [0.2, 0.25) is 0 Å². The number of amides is 2. The fourth-order valence-corrected chi connectivity index (χ4v) is 1.78. The maximum Gasteiger partial charge on any atom is 0.338 e. The molecule has 9 nitrogen and oxygen atoms in total. The Labute approximate surface area is 124 Å². The van der Waals surface area contributed by atoms with Crippen LogP contribution in [-0.4, -0.2) is 40.0 Å². The number of nitrogen functional groups attached to an aromatic ring is 1. The van der Waals surface area contributed by atoms with Gasteiger partial charge in [-0.1, -0.05) is 6.07 Å². The van der Waals surface area contributed by atoms with Crippen LogP contribution in [0.25, 0.3) is 0 Å². The number of carbonyl (C=O) groups excluding carboxylic acids is 2. The van der Waals surface area contributed by atoms with Crippen molar-refractivity contribution in [2.24, 2.45) is 5.73 Å². The summed E-state index contributed by atoms with van der Waals surface area (Å²) in [6, 6.07) is 2.52. The summed E-state index contributed by atoms with van der Waals surface area (Å²) in [5.74, 6) is -4.40. The van der Waals surface area contributed by atoms with Crippen molar-refractivity contribution in [3.63, 3.8) is 0 Å². The number of aromatic carboxylic acids is 1. The average molecular weight is 309 g/mol. The third-order valence-electron chi connectivity index (χ3n) is 2.84. The summed E-state index contributed by atoms with van der Waals surface area (Å²) in [4.78, 5) is 45.0. The summed E-state index contributed by atoms with van der Waals surface area (Å²) >= 11 is 0. The molecule has 9 heteroatoms. The molecule has 118 valence electrons. The largest absolute Gasteiger partial charge is 0.480 e. The third kappa shape index (κ3) is 4.20. The summed E-state index contributed by atoms with van der Waals surface area (Å²) in [6.45, 7) is 0. The number of anilines is 1. The van der Waals surface area contributed by atoms with Gasteiger partial charge in [0.2, 0.25) is 5.91 Å². The number of carbonyl (C=O) groups is 4. The lowest BCUT2D eigenvalue weighted by atomic mass is 10.0. The third-order valence-corrected chi connectivity index (χ3v) is 2.84. The number of nitrogens with two attached hydrogens (primary N) is 2. The van der Waals surface area contributed by atoms with E-state index in [0.29, 0.717) is 0 Å². The molecule has 1 aromatic carbocycles. The van der Waals surface area contributed by atoms with E-state index in [0.717, 1.165) is 0 Å². The predicted octanol–water partition coefficient (Wildman–Crippen LogP) is -0.585. The van der Waals surface area contributed by atoms with Crippen LogP contribution in [0.4, 0.5) is 5.69 Å². The lowest BCUT2D eigenvalue weighted by molar-refractivity contribution is -0.139. The van der Waals surface area contributed by atoms with E-state index in [2.05, 4.69) is 5.32 Å². The molecule has 22 heavy (non-hydrogen) atoms. The Kier molecular flexibility index (Phi) is 5.44. The molecule has 0 saturated carbocycles. The molecule has 1 atom stereocenters. The highest BCUT2D eigenvalue weighted by Gasteiger charge is 2.25. The van der Waals surface area contributed by atoms with Crippen molar-refractivity contribution in [3.05, 3.63) is 29.3 Å². The first-order chi connectivity index (χ1) is 10.2. The number of aliphatic carboxylic acids is 1. The molecule has 0 saturated heterocycles. The minimum Gasteiger partial charge on any atom is -0.480 e. The molecule has 1 aromatic rings. The fourth-order valence-electron chi connectivity index (χ4n) is 1.78. The van der Waals surface area contributed by atoms with Crippen LogP contribution in [0.5, 0.6) is 0 Å². The maximum atomic E-state index is 12.1. The number of nitrogens with one attached hydrogen (secondary N) is 1. The fraction of sp³-hybridized carbons (Fsp3) is 0.231. The lowest BCUT2D eigenvalue weighted by Crippen LogP contribution is -2.41. The standard InChI is InChI=1S/C13H15N3O6/c14-7-3-1-2-6(10(7)13(21)22)11(18)16-8(12(19)20)4-5-9(15)17/h1-3,8H,4-5,14H2,(H2,15,17)(H,16,18)(H,19,20)(H,21,22). The Hall–Kier alpha value is -3.10. The van der Waals surface area contributed by atoms with E-state index in [1.165, 1.54) is 18.2 Å². The van der Waals surface area contributed by atoms with Crippen molar-refractivity contribution in [1.82, 2.24) is 5.32 Å². The number of carboxylic acids is 2. The van der Waals surface area contributed by atoms with Gasteiger partial charge in [-0.2, -0.15) is 0 Å². The molecule has 0 radical (unpaired) electrons. The highest BCUT2D eigenvalue weighted by Crippen LogP contribution is 2.17. The summed E-state index contributed by atoms with van der Waals surface area (Å²) in [6.07, 6.45) is -0.443. The van der Waals surface area contributed by atoms with E-state index in [9.17, 15) is 19.2 Å². The molecule has 0 aliphatic heterocycles. The van der Waals surface area contributed by atoms with Crippen LogP contribution >= 0.6 is 0 Å². The van der Waals surface area contributed by atoms with Crippen LogP contribution in [0.3, 0.4) is 0 Å².